The van der Waals surface area contributed by atoms with E-state index in [-0.39, 0.29) is 17.9 Å². The summed E-state index contributed by atoms with van der Waals surface area (Å²) >= 11 is 0. The predicted octanol–water partition coefficient (Wildman–Crippen LogP) is 3.66. The fourth-order valence-corrected chi connectivity index (χ4v) is 3.90. The van der Waals surface area contributed by atoms with Crippen LogP contribution in [0.4, 0.5) is 5.69 Å². The quantitative estimate of drug-likeness (QED) is 0.294. The lowest BCUT2D eigenvalue weighted by Crippen LogP contribution is -2.20. The fourth-order valence-electron chi connectivity index (χ4n) is 3.90. The van der Waals surface area contributed by atoms with Gasteiger partial charge in [-0.05, 0) is 23.8 Å². The molecule has 0 aliphatic rings. The van der Waals surface area contributed by atoms with Gasteiger partial charge in [0.25, 0.3) is 11.2 Å². The maximum atomic E-state index is 12.6. The van der Waals surface area contributed by atoms with Gasteiger partial charge in [0.2, 0.25) is 5.78 Å². The van der Waals surface area contributed by atoms with Crippen LogP contribution < -0.4 is 10.3 Å². The molecule has 2 aromatic heterocycles. The summed E-state index contributed by atoms with van der Waals surface area (Å²) < 4.78 is 9.32. The zero-order valence-electron chi connectivity index (χ0n) is 17.7. The molecule has 5 aromatic rings. The first-order valence-corrected chi connectivity index (χ1v) is 10.3. The molecule has 0 radical (unpaired) electrons. The van der Waals surface area contributed by atoms with E-state index in [9.17, 15) is 14.9 Å². The maximum absolute atomic E-state index is 12.6. The van der Waals surface area contributed by atoms with Crippen LogP contribution in [0.2, 0.25) is 0 Å². The van der Waals surface area contributed by atoms with Gasteiger partial charge >= 0.3 is 0 Å². The van der Waals surface area contributed by atoms with E-state index in [0.29, 0.717) is 40.2 Å². The van der Waals surface area contributed by atoms with E-state index >= 15 is 0 Å². The number of hydrogen-bond acceptors (Lipinski definition) is 6. The molecule has 0 N–H and O–H groups in total. The van der Waals surface area contributed by atoms with Gasteiger partial charge in [0.05, 0.1) is 15.8 Å². The Morgan fingerprint density at radius 3 is 2.55 bits per heavy atom. The molecule has 164 valence electrons. The first-order valence-electron chi connectivity index (χ1n) is 10.3. The number of aryl methyl sites for hydroxylation is 1. The summed E-state index contributed by atoms with van der Waals surface area (Å²) in [6.45, 7) is 0.0724. The van der Waals surface area contributed by atoms with Crippen LogP contribution in [0, 0.1) is 10.1 Å². The third-order valence-electron chi connectivity index (χ3n) is 5.54. The molecular formula is C24H19N5O4. The van der Waals surface area contributed by atoms with E-state index in [1.165, 1.54) is 16.7 Å². The largest absolute Gasteiger partial charge is 0.485 e. The molecule has 0 atom stereocenters. The number of nitro groups is 1. The second kappa shape index (κ2) is 8.19. The Labute approximate surface area is 187 Å². The van der Waals surface area contributed by atoms with E-state index in [1.54, 1.807) is 23.6 Å². The summed E-state index contributed by atoms with van der Waals surface area (Å²) in [6.07, 6.45) is 0.482. The van der Waals surface area contributed by atoms with Gasteiger partial charge in [0.1, 0.15) is 12.4 Å². The summed E-state index contributed by atoms with van der Waals surface area (Å²) in [6, 6.07) is 21.5. The minimum atomic E-state index is -0.420. The molecule has 5 rings (SSSR count). The topological polar surface area (TPSA) is 105 Å². The molecule has 0 aliphatic heterocycles. The SMILES string of the molecule is Cn1c(=O)c2ccccc2n2c(COc3ccc([N+](=O)[O-])cc3Cc3ccccc3)nnc12. The average Bonchev–Trinajstić information content (AvgIpc) is 3.26. The van der Waals surface area contributed by atoms with Crippen molar-refractivity contribution >= 4 is 22.4 Å². The van der Waals surface area contributed by atoms with Crippen molar-refractivity contribution in [3.8, 4) is 5.75 Å². The van der Waals surface area contributed by atoms with Gasteiger partial charge in [-0.2, -0.15) is 0 Å². The summed E-state index contributed by atoms with van der Waals surface area (Å²) in [4.78, 5) is 23.5. The van der Waals surface area contributed by atoms with Crippen molar-refractivity contribution in [2.45, 2.75) is 13.0 Å². The highest BCUT2D eigenvalue weighted by Crippen LogP contribution is 2.27. The van der Waals surface area contributed by atoms with E-state index in [0.717, 1.165) is 5.56 Å². The Morgan fingerprint density at radius 1 is 1.00 bits per heavy atom. The van der Waals surface area contributed by atoms with Crippen LogP contribution in [0.15, 0.2) is 77.6 Å². The van der Waals surface area contributed by atoms with E-state index in [1.807, 2.05) is 48.5 Å². The Hall–Kier alpha value is -4.53. The molecule has 0 spiro atoms. The van der Waals surface area contributed by atoms with E-state index in [4.69, 9.17) is 4.74 Å². The Kier molecular flexibility index (Phi) is 5.06. The van der Waals surface area contributed by atoms with Crippen LogP contribution >= 0.6 is 0 Å². The fraction of sp³-hybridized carbons (Fsp3) is 0.125. The number of para-hydroxylation sites is 1. The third kappa shape index (κ3) is 3.69. The summed E-state index contributed by atoms with van der Waals surface area (Å²) in [5, 5.41) is 20.3. The van der Waals surface area contributed by atoms with Crippen molar-refractivity contribution < 1.29 is 9.66 Å². The number of aromatic nitrogens is 4. The van der Waals surface area contributed by atoms with Crippen LogP contribution in [-0.2, 0) is 20.1 Å². The van der Waals surface area contributed by atoms with E-state index < -0.39 is 4.92 Å². The van der Waals surface area contributed by atoms with Crippen molar-refractivity contribution in [3.05, 3.63) is 110 Å². The molecule has 0 unspecified atom stereocenters. The normalized spacial score (nSPS) is 11.2. The Morgan fingerprint density at radius 2 is 1.76 bits per heavy atom. The number of benzene rings is 3. The lowest BCUT2D eigenvalue weighted by atomic mass is 10.0. The number of nitrogens with zero attached hydrogens (tertiary/aromatic N) is 5. The second-order valence-electron chi connectivity index (χ2n) is 7.63. The van der Waals surface area contributed by atoms with Crippen LogP contribution in [0.1, 0.15) is 17.0 Å². The van der Waals surface area contributed by atoms with Gasteiger partial charge in [0.15, 0.2) is 5.82 Å². The predicted molar refractivity (Wildman–Crippen MR) is 122 cm³/mol. The van der Waals surface area contributed by atoms with Crippen LogP contribution in [0.5, 0.6) is 5.75 Å². The Bertz CT molecular complexity index is 1560. The molecule has 0 fully saturated rings. The minimum Gasteiger partial charge on any atom is -0.485 e. The lowest BCUT2D eigenvalue weighted by Gasteiger charge is -2.12. The van der Waals surface area contributed by atoms with Crippen molar-refractivity contribution in [2.75, 3.05) is 0 Å². The monoisotopic (exact) mass is 441 g/mol. The standard InChI is InChI=1S/C24H19N5O4/c1-27-23(30)19-9-5-6-10-20(19)28-22(25-26-24(27)28)15-33-21-12-11-18(29(31)32)14-17(21)13-16-7-3-2-4-8-16/h2-12,14H,13,15H2,1H3. The van der Waals surface area contributed by atoms with Crippen LogP contribution in [0.3, 0.4) is 0 Å². The van der Waals surface area contributed by atoms with Crippen molar-refractivity contribution in [1.82, 2.24) is 19.2 Å². The molecule has 0 amide bonds. The molecule has 0 saturated heterocycles. The van der Waals surface area contributed by atoms with Gasteiger partial charge in [-0.3, -0.25) is 23.9 Å². The number of hydrogen-bond donors (Lipinski definition) is 0. The van der Waals surface area contributed by atoms with Crippen molar-refractivity contribution in [3.63, 3.8) is 0 Å². The van der Waals surface area contributed by atoms with Gasteiger partial charge in [-0.1, -0.05) is 42.5 Å². The molecule has 33 heavy (non-hydrogen) atoms. The molecular weight excluding hydrogens is 422 g/mol. The minimum absolute atomic E-state index is 0.00204. The highest BCUT2D eigenvalue weighted by Gasteiger charge is 2.17. The maximum Gasteiger partial charge on any atom is 0.269 e. The number of nitro benzene ring substituents is 1. The highest BCUT2D eigenvalue weighted by atomic mass is 16.6. The molecule has 9 nitrogen and oxygen atoms in total. The molecule has 9 heteroatoms. The average molecular weight is 441 g/mol. The zero-order valence-corrected chi connectivity index (χ0v) is 17.7. The van der Waals surface area contributed by atoms with Crippen molar-refractivity contribution in [1.29, 1.82) is 0 Å². The first-order chi connectivity index (χ1) is 16.0. The molecule has 0 bridgehead atoms. The number of fused-ring (bicyclic) bond motifs is 3. The first kappa shape index (κ1) is 20.4. The van der Waals surface area contributed by atoms with E-state index in [2.05, 4.69) is 10.2 Å². The van der Waals surface area contributed by atoms with Crippen molar-refractivity contribution in [2.24, 2.45) is 7.05 Å². The van der Waals surface area contributed by atoms with Gasteiger partial charge in [-0.15, -0.1) is 10.2 Å². The molecule has 3 aromatic carbocycles. The molecule has 0 aliphatic carbocycles. The van der Waals surface area contributed by atoms with Gasteiger partial charge < -0.3 is 4.74 Å². The molecule has 2 heterocycles. The Balaban J connectivity index is 1.53. The smallest absolute Gasteiger partial charge is 0.269 e. The third-order valence-corrected chi connectivity index (χ3v) is 5.54. The number of ether oxygens (including phenoxy) is 1. The number of non-ortho nitro benzene ring substituents is 1. The molecule has 0 saturated carbocycles. The number of rotatable bonds is 6. The summed E-state index contributed by atoms with van der Waals surface area (Å²) in [7, 11) is 1.65. The summed E-state index contributed by atoms with van der Waals surface area (Å²) in [5.74, 6) is 1.45. The second-order valence-corrected chi connectivity index (χ2v) is 7.63. The summed E-state index contributed by atoms with van der Waals surface area (Å²) in [5.41, 5.74) is 2.24. The van der Waals surface area contributed by atoms with Crippen LogP contribution in [-0.4, -0.2) is 24.1 Å². The van der Waals surface area contributed by atoms with Crippen LogP contribution in [0.25, 0.3) is 16.7 Å². The van der Waals surface area contributed by atoms with Gasteiger partial charge in [0, 0.05) is 31.2 Å². The highest BCUT2D eigenvalue weighted by molar-refractivity contribution is 5.80. The lowest BCUT2D eigenvalue weighted by molar-refractivity contribution is -0.384. The van der Waals surface area contributed by atoms with Gasteiger partial charge in [-0.25, -0.2) is 0 Å². The zero-order chi connectivity index (χ0) is 22.9.